The first-order chi connectivity index (χ1) is 8.56. The van der Waals surface area contributed by atoms with Gasteiger partial charge in [0, 0.05) is 6.07 Å². The van der Waals surface area contributed by atoms with E-state index in [0.717, 1.165) is 0 Å². The summed E-state index contributed by atoms with van der Waals surface area (Å²) in [5.74, 6) is -2.45. The molecule has 1 N–H and O–H groups in total. The number of rotatable bonds is 3. The van der Waals surface area contributed by atoms with Gasteiger partial charge in [0.05, 0.1) is 26.7 Å². The molecule has 0 bridgehead atoms. The summed E-state index contributed by atoms with van der Waals surface area (Å²) in [4.78, 5) is 0. The molecule has 5 heteroatoms. The quantitative estimate of drug-likeness (QED) is 0.902. The molecule has 0 radical (unpaired) electrons. The Kier molecular flexibility index (Phi) is 3.71. The van der Waals surface area contributed by atoms with E-state index < -0.39 is 11.8 Å². The Morgan fingerprint density at radius 3 is 2.28 bits per heavy atom. The van der Waals surface area contributed by atoms with E-state index in [1.165, 1.54) is 14.2 Å². The summed E-state index contributed by atoms with van der Waals surface area (Å²) in [5, 5.41) is 2.72. The van der Waals surface area contributed by atoms with Crippen LogP contribution in [0.25, 0.3) is 0 Å². The highest BCUT2D eigenvalue weighted by Gasteiger charge is 2.42. The van der Waals surface area contributed by atoms with Crippen molar-refractivity contribution in [2.45, 2.75) is 18.3 Å². The summed E-state index contributed by atoms with van der Waals surface area (Å²) in [6.45, 7) is 0.316. The molecule has 1 heterocycles. The number of nitrogens with one attached hydrogen (secondary N) is 1. The maximum absolute atomic E-state index is 13.9. The fraction of sp³-hybridized carbons (Fsp3) is 0.538. The molecule has 0 saturated carbocycles. The molecular weight excluding hydrogens is 240 g/mol. The molecule has 1 aromatic carbocycles. The molecule has 1 aromatic rings. The smallest absolute Gasteiger partial charge is 0.267 e. The number of alkyl halides is 2. The van der Waals surface area contributed by atoms with Gasteiger partial charge >= 0.3 is 0 Å². The number of methoxy groups -OCH3 is 2. The second kappa shape index (κ2) is 5.10. The van der Waals surface area contributed by atoms with Crippen LogP contribution in [0.15, 0.2) is 18.2 Å². The van der Waals surface area contributed by atoms with E-state index in [1.54, 1.807) is 18.2 Å². The molecule has 1 aliphatic rings. The van der Waals surface area contributed by atoms with Gasteiger partial charge < -0.3 is 14.8 Å². The molecule has 0 spiro atoms. The molecule has 2 rings (SSSR count). The second-order valence-corrected chi connectivity index (χ2v) is 4.43. The van der Waals surface area contributed by atoms with Gasteiger partial charge in [-0.1, -0.05) is 0 Å². The summed E-state index contributed by atoms with van der Waals surface area (Å²) in [5.41, 5.74) is 0.567. The lowest BCUT2D eigenvalue weighted by molar-refractivity contribution is -0.0420. The van der Waals surface area contributed by atoms with Crippen molar-refractivity contribution in [1.82, 2.24) is 5.32 Å². The minimum Gasteiger partial charge on any atom is -0.497 e. The summed E-state index contributed by atoms with van der Waals surface area (Å²) >= 11 is 0. The van der Waals surface area contributed by atoms with Crippen molar-refractivity contribution in [3.05, 3.63) is 23.8 Å². The van der Waals surface area contributed by atoms with Crippen LogP contribution < -0.4 is 14.8 Å². The molecule has 0 amide bonds. The summed E-state index contributed by atoms with van der Waals surface area (Å²) in [6.07, 6.45) is 0.406. The Morgan fingerprint density at radius 2 is 1.78 bits per heavy atom. The highest BCUT2D eigenvalue weighted by Crippen LogP contribution is 2.40. The monoisotopic (exact) mass is 257 g/mol. The van der Waals surface area contributed by atoms with E-state index in [1.807, 2.05) is 0 Å². The van der Waals surface area contributed by atoms with Gasteiger partial charge in [-0.2, -0.15) is 0 Å². The molecule has 3 nitrogen and oxygen atoms in total. The van der Waals surface area contributed by atoms with Gasteiger partial charge in [0.15, 0.2) is 0 Å². The van der Waals surface area contributed by atoms with Crippen molar-refractivity contribution in [1.29, 1.82) is 0 Å². The van der Waals surface area contributed by atoms with E-state index in [4.69, 9.17) is 9.47 Å². The molecular formula is C13H17F2NO2. The largest absolute Gasteiger partial charge is 0.497 e. The molecule has 1 fully saturated rings. The summed E-state index contributed by atoms with van der Waals surface area (Å²) in [6, 6.07) is 5.00. The van der Waals surface area contributed by atoms with Crippen LogP contribution >= 0.6 is 0 Å². The van der Waals surface area contributed by atoms with Crippen LogP contribution in [0.1, 0.15) is 17.9 Å². The Bertz CT molecular complexity index is 401. The Labute approximate surface area is 105 Å². The van der Waals surface area contributed by atoms with Crippen LogP contribution in [0.4, 0.5) is 8.78 Å². The van der Waals surface area contributed by atoms with E-state index in [9.17, 15) is 8.78 Å². The van der Waals surface area contributed by atoms with Crippen LogP contribution in [-0.4, -0.2) is 33.2 Å². The van der Waals surface area contributed by atoms with E-state index in [2.05, 4.69) is 5.32 Å². The lowest BCUT2D eigenvalue weighted by Crippen LogP contribution is -2.44. The first-order valence-electron chi connectivity index (χ1n) is 5.88. The second-order valence-electron chi connectivity index (χ2n) is 4.43. The standard InChI is InChI=1S/C13H17F2NO2/c1-17-10-5-9(6-11(7-10)18-2)12-3-4-16-8-13(12,14)15/h5-7,12,16H,3-4,8H2,1-2H3. The van der Waals surface area contributed by atoms with Crippen molar-refractivity contribution in [2.75, 3.05) is 27.3 Å². The van der Waals surface area contributed by atoms with E-state index in [-0.39, 0.29) is 6.54 Å². The first kappa shape index (κ1) is 13.1. The average Bonchev–Trinajstić information content (AvgIpc) is 2.37. The third-order valence-electron chi connectivity index (χ3n) is 3.26. The van der Waals surface area contributed by atoms with Gasteiger partial charge in [-0.15, -0.1) is 0 Å². The molecule has 0 aliphatic carbocycles. The number of piperidine rings is 1. The predicted octanol–water partition coefficient (Wildman–Crippen LogP) is 2.42. The maximum atomic E-state index is 13.9. The SMILES string of the molecule is COc1cc(OC)cc(C2CCNCC2(F)F)c1. The number of benzene rings is 1. The van der Waals surface area contributed by atoms with E-state index >= 15 is 0 Å². The fourth-order valence-electron chi connectivity index (χ4n) is 2.28. The van der Waals surface area contributed by atoms with Crippen molar-refractivity contribution >= 4 is 0 Å². The topological polar surface area (TPSA) is 30.5 Å². The normalized spacial score (nSPS) is 22.6. The molecule has 1 saturated heterocycles. The zero-order valence-electron chi connectivity index (χ0n) is 10.5. The number of hydrogen-bond acceptors (Lipinski definition) is 3. The molecule has 1 atom stereocenters. The van der Waals surface area contributed by atoms with Crippen molar-refractivity contribution < 1.29 is 18.3 Å². The van der Waals surface area contributed by atoms with Crippen LogP contribution in [0.3, 0.4) is 0 Å². The first-order valence-corrected chi connectivity index (χ1v) is 5.88. The molecule has 18 heavy (non-hydrogen) atoms. The zero-order chi connectivity index (χ0) is 13.2. The highest BCUT2D eigenvalue weighted by molar-refractivity contribution is 5.41. The fourth-order valence-corrected chi connectivity index (χ4v) is 2.28. The third-order valence-corrected chi connectivity index (χ3v) is 3.26. The van der Waals surface area contributed by atoms with Crippen LogP contribution in [0, 0.1) is 0 Å². The van der Waals surface area contributed by atoms with Crippen molar-refractivity contribution in [2.24, 2.45) is 0 Å². The number of halogens is 2. The Balaban J connectivity index is 2.36. The Hall–Kier alpha value is -1.36. The van der Waals surface area contributed by atoms with Gasteiger partial charge in [0.2, 0.25) is 0 Å². The Morgan fingerprint density at radius 1 is 1.17 bits per heavy atom. The maximum Gasteiger partial charge on any atom is 0.267 e. The lowest BCUT2D eigenvalue weighted by Gasteiger charge is -2.32. The third kappa shape index (κ3) is 2.56. The minimum absolute atomic E-state index is 0.281. The van der Waals surface area contributed by atoms with Crippen LogP contribution in [0.5, 0.6) is 11.5 Å². The molecule has 1 aliphatic heterocycles. The van der Waals surface area contributed by atoms with E-state index in [0.29, 0.717) is 30.0 Å². The van der Waals surface area contributed by atoms with Crippen molar-refractivity contribution in [3.63, 3.8) is 0 Å². The molecule has 0 aromatic heterocycles. The highest BCUT2D eigenvalue weighted by atomic mass is 19.3. The zero-order valence-corrected chi connectivity index (χ0v) is 10.5. The van der Waals surface area contributed by atoms with Gasteiger partial charge in [-0.25, -0.2) is 8.78 Å². The molecule has 100 valence electrons. The average molecular weight is 257 g/mol. The lowest BCUT2D eigenvalue weighted by atomic mass is 9.87. The summed E-state index contributed by atoms with van der Waals surface area (Å²) in [7, 11) is 3.03. The predicted molar refractivity (Wildman–Crippen MR) is 64.7 cm³/mol. The van der Waals surface area contributed by atoms with Gasteiger partial charge in [-0.3, -0.25) is 0 Å². The van der Waals surface area contributed by atoms with Gasteiger partial charge in [0.25, 0.3) is 5.92 Å². The van der Waals surface area contributed by atoms with Gasteiger partial charge in [0.1, 0.15) is 11.5 Å². The van der Waals surface area contributed by atoms with Crippen LogP contribution in [0.2, 0.25) is 0 Å². The van der Waals surface area contributed by atoms with Crippen molar-refractivity contribution in [3.8, 4) is 11.5 Å². The molecule has 1 unspecified atom stereocenters. The minimum atomic E-state index is -2.74. The van der Waals surface area contributed by atoms with Crippen LogP contribution in [-0.2, 0) is 0 Å². The summed E-state index contributed by atoms with van der Waals surface area (Å²) < 4.78 is 38.0. The van der Waals surface area contributed by atoms with Gasteiger partial charge in [-0.05, 0) is 30.7 Å². The number of hydrogen-bond donors (Lipinski definition) is 1. The number of ether oxygens (including phenoxy) is 2.